The molecule has 0 radical (unpaired) electrons. The molecule has 1 atom stereocenters. The summed E-state index contributed by atoms with van der Waals surface area (Å²) in [6.45, 7) is 7.93. The zero-order valence-electron chi connectivity index (χ0n) is 15.7. The highest BCUT2D eigenvalue weighted by Crippen LogP contribution is 2.26. The van der Waals surface area contributed by atoms with E-state index in [0.29, 0.717) is 41.1 Å². The van der Waals surface area contributed by atoms with Crippen molar-refractivity contribution in [2.45, 2.75) is 45.8 Å². The Morgan fingerprint density at radius 1 is 0.960 bits per heavy atom. The first-order valence-electron chi connectivity index (χ1n) is 8.45. The number of anilines is 4. The van der Waals surface area contributed by atoms with Gasteiger partial charge in [0.15, 0.2) is 11.6 Å². The fraction of sp³-hybridized carbons (Fsp3) is 0.625. The number of hydrogen-bond acceptors (Lipinski definition) is 9. The summed E-state index contributed by atoms with van der Waals surface area (Å²) in [6.07, 6.45) is 0.964. The maximum Gasteiger partial charge on any atom is 0.225 e. The lowest BCUT2D eigenvalue weighted by Gasteiger charge is -2.19. The molecular weight excluding hydrogens is 320 g/mol. The maximum atomic E-state index is 9.88. The molecule has 0 aliphatic carbocycles. The van der Waals surface area contributed by atoms with Crippen LogP contribution in [0.5, 0.6) is 0 Å². The molecule has 5 N–H and O–H groups in total. The molecule has 9 heteroatoms. The molecule has 0 aliphatic rings. The first-order valence-corrected chi connectivity index (χ1v) is 8.45. The lowest BCUT2D eigenvalue weighted by atomic mass is 10.1. The fourth-order valence-corrected chi connectivity index (χ4v) is 2.13. The van der Waals surface area contributed by atoms with Crippen molar-refractivity contribution >= 4 is 34.6 Å². The molecule has 0 fully saturated rings. The lowest BCUT2D eigenvalue weighted by molar-refractivity contribution is 0.0943. The smallest absolute Gasteiger partial charge is 0.225 e. The molecule has 0 spiro atoms. The predicted octanol–water partition coefficient (Wildman–Crippen LogP) is 1.90. The van der Waals surface area contributed by atoms with Gasteiger partial charge in [-0.25, -0.2) is 9.97 Å². The van der Waals surface area contributed by atoms with E-state index in [-0.39, 0.29) is 6.04 Å². The van der Waals surface area contributed by atoms with Crippen molar-refractivity contribution < 1.29 is 5.11 Å². The number of hydrogen-bond donors (Lipinski definition) is 5. The highest BCUT2D eigenvalue weighted by Gasteiger charge is 2.17. The van der Waals surface area contributed by atoms with Gasteiger partial charge in [0.2, 0.25) is 11.9 Å². The van der Waals surface area contributed by atoms with E-state index in [9.17, 15) is 5.11 Å². The molecule has 2 aromatic rings. The molecule has 0 bridgehead atoms. The van der Waals surface area contributed by atoms with E-state index in [2.05, 4.69) is 55.1 Å². The van der Waals surface area contributed by atoms with E-state index in [4.69, 9.17) is 0 Å². The minimum Gasteiger partial charge on any atom is -0.389 e. The number of nitrogens with zero attached hydrogens (tertiary/aromatic N) is 4. The topological polar surface area (TPSA) is 120 Å². The van der Waals surface area contributed by atoms with Gasteiger partial charge < -0.3 is 26.4 Å². The molecule has 0 saturated carbocycles. The van der Waals surface area contributed by atoms with Gasteiger partial charge in [-0.1, -0.05) is 6.92 Å². The lowest BCUT2D eigenvalue weighted by Crippen LogP contribution is -2.30. The fourth-order valence-electron chi connectivity index (χ4n) is 2.13. The Bertz CT molecular complexity index is 728. The zero-order valence-corrected chi connectivity index (χ0v) is 15.7. The first-order chi connectivity index (χ1) is 11.8. The summed E-state index contributed by atoms with van der Waals surface area (Å²) in [4.78, 5) is 18.0. The number of aliphatic hydroxyl groups is 1. The van der Waals surface area contributed by atoms with Crippen molar-refractivity contribution in [3.63, 3.8) is 0 Å². The second-order valence-electron chi connectivity index (χ2n) is 6.61. The monoisotopic (exact) mass is 348 g/mol. The number of aromatic nitrogens is 4. The summed E-state index contributed by atoms with van der Waals surface area (Å²) in [5.41, 5.74) is 0.362. The van der Waals surface area contributed by atoms with Crippen molar-refractivity contribution in [3.05, 3.63) is 0 Å². The minimum atomic E-state index is -0.871. The summed E-state index contributed by atoms with van der Waals surface area (Å²) in [5.74, 6) is 2.14. The van der Waals surface area contributed by atoms with Gasteiger partial charge >= 0.3 is 0 Å². The molecule has 0 saturated heterocycles. The third-order valence-corrected chi connectivity index (χ3v) is 3.68. The standard InChI is InChI=1S/C16H28N8O/c1-7-9(2)20-15-22-11-10(13(18-6)24-15)21-14(23-12(11)17-5)19-8-16(3,4)25/h9,25H,7-8H2,1-6H3,(H2,17,19,21,23)(H2,18,20,22,24)/t9-/m1/s1. The second-order valence-corrected chi connectivity index (χ2v) is 6.61. The highest BCUT2D eigenvalue weighted by atomic mass is 16.3. The van der Waals surface area contributed by atoms with E-state index >= 15 is 0 Å². The normalized spacial score (nSPS) is 12.8. The molecule has 0 amide bonds. The summed E-state index contributed by atoms with van der Waals surface area (Å²) in [6, 6.07) is 0.258. The molecule has 0 aliphatic heterocycles. The molecule has 0 aromatic carbocycles. The molecule has 25 heavy (non-hydrogen) atoms. The van der Waals surface area contributed by atoms with Gasteiger partial charge in [-0.05, 0) is 27.2 Å². The molecule has 9 nitrogen and oxygen atoms in total. The third kappa shape index (κ3) is 4.79. The molecule has 2 rings (SSSR count). The highest BCUT2D eigenvalue weighted by molar-refractivity contribution is 5.94. The molecular formula is C16H28N8O. The van der Waals surface area contributed by atoms with Crippen LogP contribution in [0.3, 0.4) is 0 Å². The van der Waals surface area contributed by atoms with Crippen molar-refractivity contribution in [1.29, 1.82) is 0 Å². The Morgan fingerprint density at radius 2 is 1.48 bits per heavy atom. The van der Waals surface area contributed by atoms with Crippen LogP contribution >= 0.6 is 0 Å². The largest absolute Gasteiger partial charge is 0.389 e. The van der Waals surface area contributed by atoms with Crippen molar-refractivity contribution in [3.8, 4) is 0 Å². The van der Waals surface area contributed by atoms with Crippen LogP contribution in [0.25, 0.3) is 11.0 Å². The average molecular weight is 348 g/mol. The molecule has 2 heterocycles. The number of nitrogens with one attached hydrogen (secondary N) is 4. The summed E-state index contributed by atoms with van der Waals surface area (Å²) >= 11 is 0. The molecule has 138 valence electrons. The van der Waals surface area contributed by atoms with Gasteiger partial charge in [0.05, 0.1) is 5.60 Å². The summed E-state index contributed by atoms with van der Waals surface area (Å²) < 4.78 is 0. The Morgan fingerprint density at radius 3 is 1.96 bits per heavy atom. The van der Waals surface area contributed by atoms with E-state index in [0.717, 1.165) is 6.42 Å². The number of fused-ring (bicyclic) bond motifs is 1. The van der Waals surface area contributed by atoms with E-state index in [1.54, 1.807) is 27.9 Å². The third-order valence-electron chi connectivity index (χ3n) is 3.68. The van der Waals surface area contributed by atoms with Gasteiger partial charge in [0.1, 0.15) is 11.0 Å². The average Bonchev–Trinajstić information content (AvgIpc) is 2.57. The van der Waals surface area contributed by atoms with Crippen LogP contribution in [0, 0.1) is 0 Å². The Kier molecular flexibility index (Phi) is 5.78. The molecule has 0 unspecified atom stereocenters. The van der Waals surface area contributed by atoms with Crippen LogP contribution in [0.2, 0.25) is 0 Å². The zero-order chi connectivity index (χ0) is 18.6. The summed E-state index contributed by atoms with van der Waals surface area (Å²) in [5, 5.41) is 22.3. The Balaban J connectivity index is 2.50. The van der Waals surface area contributed by atoms with Crippen molar-refractivity contribution in [2.24, 2.45) is 0 Å². The minimum absolute atomic E-state index is 0.258. The first kappa shape index (κ1) is 18.9. The SMILES string of the molecule is CC[C@@H](C)Nc1nc(NC)c2nc(NCC(C)(C)O)nc(NC)c2n1. The second kappa shape index (κ2) is 7.64. The van der Waals surface area contributed by atoms with Crippen molar-refractivity contribution in [1.82, 2.24) is 19.9 Å². The molecule has 2 aromatic heterocycles. The van der Waals surface area contributed by atoms with Crippen LogP contribution in [-0.4, -0.2) is 57.3 Å². The van der Waals surface area contributed by atoms with Gasteiger partial charge in [-0.15, -0.1) is 0 Å². The Labute approximate surface area is 148 Å². The van der Waals surface area contributed by atoms with Crippen LogP contribution in [0.4, 0.5) is 23.5 Å². The van der Waals surface area contributed by atoms with E-state index in [1.165, 1.54) is 0 Å². The van der Waals surface area contributed by atoms with Gasteiger partial charge in [-0.2, -0.15) is 9.97 Å². The maximum absolute atomic E-state index is 9.88. The number of rotatable bonds is 8. The van der Waals surface area contributed by atoms with E-state index < -0.39 is 5.60 Å². The predicted molar refractivity (Wildman–Crippen MR) is 102 cm³/mol. The van der Waals surface area contributed by atoms with E-state index in [1.807, 2.05) is 0 Å². The summed E-state index contributed by atoms with van der Waals surface area (Å²) in [7, 11) is 3.57. The van der Waals surface area contributed by atoms with Gasteiger partial charge in [0.25, 0.3) is 0 Å². The van der Waals surface area contributed by atoms with Crippen LogP contribution in [0.15, 0.2) is 0 Å². The van der Waals surface area contributed by atoms with Gasteiger partial charge in [-0.3, -0.25) is 0 Å². The quantitative estimate of drug-likeness (QED) is 0.487. The van der Waals surface area contributed by atoms with Crippen LogP contribution in [0.1, 0.15) is 34.1 Å². The van der Waals surface area contributed by atoms with Gasteiger partial charge in [0, 0.05) is 26.7 Å². The van der Waals surface area contributed by atoms with Crippen LogP contribution in [-0.2, 0) is 0 Å². The van der Waals surface area contributed by atoms with Crippen LogP contribution < -0.4 is 21.3 Å². The van der Waals surface area contributed by atoms with Crippen molar-refractivity contribution in [2.75, 3.05) is 41.9 Å². The Hall–Kier alpha value is -2.42.